The van der Waals surface area contributed by atoms with Gasteiger partial charge in [0.1, 0.15) is 18.1 Å². The first-order valence-corrected chi connectivity index (χ1v) is 15.9. The van der Waals surface area contributed by atoms with E-state index in [1.54, 1.807) is 11.6 Å². The van der Waals surface area contributed by atoms with E-state index in [0.717, 1.165) is 22.5 Å². The number of nitrogens with one attached hydrogen (secondary N) is 3. The highest BCUT2D eigenvalue weighted by molar-refractivity contribution is 5.95. The lowest BCUT2D eigenvalue weighted by molar-refractivity contribution is -0.142. The Morgan fingerprint density at radius 2 is 1.73 bits per heavy atom. The second-order valence-electron chi connectivity index (χ2n) is 12.7. The van der Waals surface area contributed by atoms with Crippen LogP contribution in [-0.4, -0.2) is 92.9 Å². The first-order chi connectivity index (χ1) is 21.3. The van der Waals surface area contributed by atoms with Crippen molar-refractivity contribution < 1.29 is 24.0 Å². The minimum atomic E-state index is -0.894. The zero-order valence-corrected chi connectivity index (χ0v) is 27.3. The molecular weight excluding hydrogens is 574 g/mol. The van der Waals surface area contributed by atoms with Gasteiger partial charge in [-0.25, -0.2) is 0 Å². The molecular formula is C33H47N7O5. The maximum atomic E-state index is 13.8. The minimum absolute atomic E-state index is 0.0632. The molecule has 5 amide bonds. The Morgan fingerprint density at radius 3 is 2.38 bits per heavy atom. The third kappa shape index (κ3) is 8.29. The Balaban J connectivity index is 1.66. The molecule has 2 aliphatic rings. The number of aromatic nitrogens is 2. The van der Waals surface area contributed by atoms with Gasteiger partial charge in [0.05, 0.1) is 18.3 Å². The van der Waals surface area contributed by atoms with E-state index in [2.05, 4.69) is 21.0 Å². The van der Waals surface area contributed by atoms with Crippen LogP contribution in [0.4, 0.5) is 0 Å². The van der Waals surface area contributed by atoms with Crippen molar-refractivity contribution in [3.8, 4) is 0 Å². The lowest BCUT2D eigenvalue weighted by Gasteiger charge is -2.31. The van der Waals surface area contributed by atoms with Crippen LogP contribution in [0.25, 0.3) is 0 Å². The lowest BCUT2D eigenvalue weighted by atomic mass is 10.00. The number of rotatable bonds is 6. The standard InChI is InChI=1S/C33H47N7O5/c1-20(2)30-32(44)35-25(17-24-11-8-7-9-12-24)18-39(29(42)15-14-26-21(3)37-38(6)23(26)5)19-28(41)34-22(4)33(45)40-16-10-13-27(40)31(43)36-30/h7-9,11-12,20,22,25,27,30H,10,13-19H2,1-6H3,(H,34,41)(H,35,44)(H,36,43)/t22-,25-,27+,30-/m0/s1. The summed E-state index contributed by atoms with van der Waals surface area (Å²) in [5.41, 5.74) is 3.75. The summed E-state index contributed by atoms with van der Waals surface area (Å²) < 4.78 is 1.78. The third-order valence-electron chi connectivity index (χ3n) is 8.88. The van der Waals surface area contributed by atoms with Crippen molar-refractivity contribution in [2.75, 3.05) is 19.6 Å². The molecule has 3 N–H and O–H groups in total. The van der Waals surface area contributed by atoms with Gasteiger partial charge in [0, 0.05) is 32.3 Å². The van der Waals surface area contributed by atoms with Crippen LogP contribution >= 0.6 is 0 Å². The summed E-state index contributed by atoms with van der Waals surface area (Å²) >= 11 is 0. The van der Waals surface area contributed by atoms with Crippen LogP contribution in [0, 0.1) is 19.8 Å². The molecule has 4 rings (SSSR count). The fourth-order valence-corrected chi connectivity index (χ4v) is 6.30. The van der Waals surface area contributed by atoms with E-state index in [4.69, 9.17) is 0 Å². The van der Waals surface area contributed by atoms with E-state index >= 15 is 0 Å². The number of fused-ring (bicyclic) bond motifs is 1. The van der Waals surface area contributed by atoms with Gasteiger partial charge in [-0.1, -0.05) is 44.2 Å². The molecule has 12 nitrogen and oxygen atoms in total. The average molecular weight is 622 g/mol. The van der Waals surface area contributed by atoms with Crippen LogP contribution in [0.1, 0.15) is 62.5 Å². The summed E-state index contributed by atoms with van der Waals surface area (Å²) in [4.78, 5) is 70.7. The summed E-state index contributed by atoms with van der Waals surface area (Å²) in [7, 11) is 1.86. The van der Waals surface area contributed by atoms with Gasteiger partial charge >= 0.3 is 0 Å². The van der Waals surface area contributed by atoms with Crippen LogP contribution in [0.2, 0.25) is 0 Å². The smallest absolute Gasteiger partial charge is 0.245 e. The number of hydrogen-bond donors (Lipinski definition) is 3. The molecule has 0 saturated carbocycles. The van der Waals surface area contributed by atoms with Crippen LogP contribution in [0.3, 0.4) is 0 Å². The number of carbonyl (C=O) groups excluding carboxylic acids is 5. The Kier molecular flexibility index (Phi) is 11.0. The zero-order valence-electron chi connectivity index (χ0n) is 27.3. The number of aryl methyl sites for hydroxylation is 2. The molecule has 45 heavy (non-hydrogen) atoms. The maximum Gasteiger partial charge on any atom is 0.245 e. The normalized spacial score (nSPS) is 23.6. The Hall–Kier alpha value is -4.22. The average Bonchev–Trinajstić information content (AvgIpc) is 3.57. The molecule has 1 aromatic heterocycles. The summed E-state index contributed by atoms with van der Waals surface area (Å²) in [5.74, 6) is -2.12. The zero-order chi connectivity index (χ0) is 32.8. The van der Waals surface area contributed by atoms with Gasteiger partial charge in [0.2, 0.25) is 29.5 Å². The van der Waals surface area contributed by atoms with Gasteiger partial charge in [-0.15, -0.1) is 0 Å². The molecule has 1 aromatic carbocycles. The Labute approximate surface area is 265 Å². The number of amides is 5. The first kappa shape index (κ1) is 33.7. The second-order valence-corrected chi connectivity index (χ2v) is 12.7. The molecule has 0 aliphatic carbocycles. The van der Waals surface area contributed by atoms with Crippen LogP contribution in [0.15, 0.2) is 30.3 Å². The van der Waals surface area contributed by atoms with Crippen molar-refractivity contribution in [3.05, 3.63) is 52.8 Å². The summed E-state index contributed by atoms with van der Waals surface area (Å²) in [6, 6.07) is 6.57. The van der Waals surface area contributed by atoms with Gasteiger partial charge in [-0.2, -0.15) is 5.10 Å². The minimum Gasteiger partial charge on any atom is -0.349 e. The van der Waals surface area contributed by atoms with Gasteiger partial charge in [-0.05, 0) is 63.5 Å². The fourth-order valence-electron chi connectivity index (χ4n) is 6.30. The third-order valence-corrected chi connectivity index (χ3v) is 8.88. The molecule has 12 heteroatoms. The van der Waals surface area contributed by atoms with Crippen molar-refractivity contribution >= 4 is 29.5 Å². The fraction of sp³-hybridized carbons (Fsp3) is 0.576. The van der Waals surface area contributed by atoms with E-state index in [-0.39, 0.29) is 49.1 Å². The number of hydrogen-bond acceptors (Lipinski definition) is 6. The van der Waals surface area contributed by atoms with Crippen molar-refractivity contribution in [1.29, 1.82) is 0 Å². The van der Waals surface area contributed by atoms with E-state index in [1.807, 2.05) is 65.1 Å². The monoisotopic (exact) mass is 621 g/mol. The molecule has 4 atom stereocenters. The molecule has 2 aromatic rings. The van der Waals surface area contributed by atoms with Gasteiger partial charge in [0.25, 0.3) is 0 Å². The summed E-state index contributed by atoms with van der Waals surface area (Å²) in [6.07, 6.45) is 2.11. The quantitative estimate of drug-likeness (QED) is 0.442. The topological polar surface area (TPSA) is 146 Å². The maximum absolute atomic E-state index is 13.8. The molecule has 0 unspecified atom stereocenters. The van der Waals surface area contributed by atoms with E-state index in [9.17, 15) is 24.0 Å². The van der Waals surface area contributed by atoms with Crippen LogP contribution in [-0.2, 0) is 43.9 Å². The van der Waals surface area contributed by atoms with E-state index in [0.29, 0.717) is 32.2 Å². The predicted octanol–water partition coefficient (Wildman–Crippen LogP) is 1.18. The Morgan fingerprint density at radius 1 is 1.02 bits per heavy atom. The molecule has 2 saturated heterocycles. The van der Waals surface area contributed by atoms with Crippen LogP contribution in [0.5, 0.6) is 0 Å². The largest absolute Gasteiger partial charge is 0.349 e. The summed E-state index contributed by atoms with van der Waals surface area (Å²) in [5, 5.41) is 13.2. The molecule has 244 valence electrons. The predicted molar refractivity (Wildman–Crippen MR) is 169 cm³/mol. The second kappa shape index (κ2) is 14.7. The van der Waals surface area contributed by atoms with E-state index in [1.165, 1.54) is 9.80 Å². The van der Waals surface area contributed by atoms with Crippen molar-refractivity contribution in [3.63, 3.8) is 0 Å². The van der Waals surface area contributed by atoms with Crippen molar-refractivity contribution in [2.24, 2.45) is 13.0 Å². The van der Waals surface area contributed by atoms with Gasteiger partial charge < -0.3 is 25.8 Å². The van der Waals surface area contributed by atoms with Gasteiger partial charge in [0.15, 0.2) is 0 Å². The van der Waals surface area contributed by atoms with Gasteiger partial charge in [-0.3, -0.25) is 28.7 Å². The number of carbonyl (C=O) groups is 5. The van der Waals surface area contributed by atoms with E-state index < -0.39 is 30.1 Å². The van der Waals surface area contributed by atoms with Crippen molar-refractivity contribution in [2.45, 2.75) is 90.9 Å². The number of nitrogens with zero attached hydrogens (tertiary/aromatic N) is 4. The Bertz CT molecular complexity index is 1410. The molecule has 2 aliphatic heterocycles. The highest BCUT2D eigenvalue weighted by Crippen LogP contribution is 2.20. The van der Waals surface area contributed by atoms with Crippen LogP contribution < -0.4 is 16.0 Å². The molecule has 0 radical (unpaired) electrons. The first-order valence-electron chi connectivity index (χ1n) is 15.9. The molecule has 0 bridgehead atoms. The lowest BCUT2D eigenvalue weighted by Crippen LogP contribution is -2.58. The molecule has 2 fully saturated rings. The number of benzene rings is 1. The highest BCUT2D eigenvalue weighted by atomic mass is 16.2. The molecule has 0 spiro atoms. The SMILES string of the molecule is Cc1nn(C)c(C)c1CCC(=O)N1CC(=O)N[C@@H](C)C(=O)N2CCC[C@@H]2C(=O)N[C@@H](C(C)C)C(=O)N[C@@H](Cc2ccccc2)C1. The summed E-state index contributed by atoms with van der Waals surface area (Å²) in [6.45, 7) is 9.32. The molecule has 3 heterocycles. The highest BCUT2D eigenvalue weighted by Gasteiger charge is 2.39. The van der Waals surface area contributed by atoms with Crippen molar-refractivity contribution in [1.82, 2.24) is 35.5 Å².